The van der Waals surface area contributed by atoms with Crippen molar-refractivity contribution in [2.45, 2.75) is 20.4 Å². The maximum atomic E-state index is 11.1. The molecule has 0 aliphatic rings. The van der Waals surface area contributed by atoms with Crippen molar-refractivity contribution >= 4 is 17.6 Å². The molecule has 0 atom stereocenters. The van der Waals surface area contributed by atoms with Gasteiger partial charge in [0.25, 0.3) is 0 Å². The zero-order chi connectivity index (χ0) is 11.4. The van der Waals surface area contributed by atoms with E-state index in [9.17, 15) is 4.79 Å². The van der Waals surface area contributed by atoms with Gasteiger partial charge in [-0.3, -0.25) is 4.68 Å². The van der Waals surface area contributed by atoms with Crippen LogP contribution in [0.1, 0.15) is 12.6 Å². The fourth-order valence-electron chi connectivity index (χ4n) is 1.08. The Hall–Kier alpha value is -1.29. The molecule has 4 nitrogen and oxygen atoms in total. The van der Waals surface area contributed by atoms with Crippen LogP contribution in [0.5, 0.6) is 0 Å². The minimum atomic E-state index is -0.328. The molecular formula is C10H13ClN2O2. The highest BCUT2D eigenvalue weighted by molar-refractivity contribution is 6.31. The largest absolute Gasteiger partial charge is 0.466 e. The summed E-state index contributed by atoms with van der Waals surface area (Å²) in [5.74, 6) is -0.328. The van der Waals surface area contributed by atoms with Gasteiger partial charge in [0.15, 0.2) is 0 Å². The highest BCUT2D eigenvalue weighted by Crippen LogP contribution is 2.13. The normalized spacial score (nSPS) is 11.6. The Labute approximate surface area is 93.5 Å². The van der Waals surface area contributed by atoms with E-state index in [1.54, 1.807) is 23.9 Å². The Bertz CT molecular complexity index is 396. The number of methoxy groups -OCH3 is 1. The van der Waals surface area contributed by atoms with Crippen molar-refractivity contribution in [3.63, 3.8) is 0 Å². The molecule has 0 fully saturated rings. The van der Waals surface area contributed by atoms with Crippen molar-refractivity contribution in [2.24, 2.45) is 0 Å². The lowest BCUT2D eigenvalue weighted by molar-refractivity contribution is -0.136. The molecule has 0 radical (unpaired) electrons. The quantitative estimate of drug-likeness (QED) is 0.587. The second-order valence-corrected chi connectivity index (χ2v) is 3.55. The van der Waals surface area contributed by atoms with Crippen LogP contribution >= 0.6 is 11.6 Å². The van der Waals surface area contributed by atoms with Crippen LogP contribution in [-0.4, -0.2) is 22.9 Å². The van der Waals surface area contributed by atoms with E-state index in [0.717, 1.165) is 5.69 Å². The molecule has 0 aliphatic carbocycles. The molecule has 0 saturated heterocycles. The lowest BCUT2D eigenvalue weighted by Crippen LogP contribution is -2.05. The van der Waals surface area contributed by atoms with Gasteiger partial charge in [0, 0.05) is 5.57 Å². The molecule has 1 heterocycles. The highest BCUT2D eigenvalue weighted by atomic mass is 35.5. The fourth-order valence-corrected chi connectivity index (χ4v) is 1.22. The van der Waals surface area contributed by atoms with E-state index < -0.39 is 0 Å². The number of carbonyl (C=O) groups excluding carboxylic acids is 1. The Morgan fingerprint density at radius 1 is 1.73 bits per heavy atom. The Morgan fingerprint density at radius 3 is 2.87 bits per heavy atom. The predicted molar refractivity (Wildman–Crippen MR) is 57.7 cm³/mol. The number of halogens is 1. The SMILES string of the molecule is COC(=O)C(C)=CCn1ncc(Cl)c1C. The molecule has 15 heavy (non-hydrogen) atoms. The van der Waals surface area contributed by atoms with Gasteiger partial charge in [-0.25, -0.2) is 4.79 Å². The van der Waals surface area contributed by atoms with Gasteiger partial charge in [-0.2, -0.15) is 5.10 Å². The number of rotatable bonds is 3. The number of aromatic nitrogens is 2. The van der Waals surface area contributed by atoms with Crippen molar-refractivity contribution in [2.75, 3.05) is 7.11 Å². The van der Waals surface area contributed by atoms with Crippen LogP contribution in [-0.2, 0) is 16.1 Å². The molecule has 0 unspecified atom stereocenters. The number of carbonyl (C=O) groups is 1. The summed E-state index contributed by atoms with van der Waals surface area (Å²) in [6.07, 6.45) is 3.33. The van der Waals surface area contributed by atoms with E-state index in [1.165, 1.54) is 7.11 Å². The van der Waals surface area contributed by atoms with Gasteiger partial charge in [-0.15, -0.1) is 0 Å². The first-order valence-corrected chi connectivity index (χ1v) is 4.87. The minimum absolute atomic E-state index is 0.328. The average Bonchev–Trinajstić information content (AvgIpc) is 2.55. The summed E-state index contributed by atoms with van der Waals surface area (Å²) < 4.78 is 6.29. The first-order valence-electron chi connectivity index (χ1n) is 4.49. The first-order chi connectivity index (χ1) is 7.06. The van der Waals surface area contributed by atoms with Crippen LogP contribution in [0.4, 0.5) is 0 Å². The van der Waals surface area contributed by atoms with E-state index in [2.05, 4.69) is 9.84 Å². The Balaban J connectivity index is 2.72. The lowest BCUT2D eigenvalue weighted by atomic mass is 10.3. The second kappa shape index (κ2) is 4.98. The van der Waals surface area contributed by atoms with Gasteiger partial charge in [-0.1, -0.05) is 17.7 Å². The Morgan fingerprint density at radius 2 is 2.40 bits per heavy atom. The van der Waals surface area contributed by atoms with E-state index in [4.69, 9.17) is 11.6 Å². The van der Waals surface area contributed by atoms with Crippen molar-refractivity contribution in [3.05, 3.63) is 28.6 Å². The molecule has 0 aromatic carbocycles. The summed E-state index contributed by atoms with van der Waals surface area (Å²) in [6, 6.07) is 0. The molecular weight excluding hydrogens is 216 g/mol. The molecule has 1 aromatic heterocycles. The molecule has 0 saturated carbocycles. The summed E-state index contributed by atoms with van der Waals surface area (Å²) in [5, 5.41) is 4.68. The highest BCUT2D eigenvalue weighted by Gasteiger charge is 2.05. The summed E-state index contributed by atoms with van der Waals surface area (Å²) in [7, 11) is 1.36. The smallest absolute Gasteiger partial charge is 0.333 e. The van der Waals surface area contributed by atoms with E-state index in [0.29, 0.717) is 17.1 Å². The van der Waals surface area contributed by atoms with Crippen molar-refractivity contribution in [3.8, 4) is 0 Å². The predicted octanol–water partition coefficient (Wildman–Crippen LogP) is 1.96. The standard InChI is InChI=1S/C10H13ClN2O2/c1-7(10(14)15-3)4-5-13-8(2)9(11)6-12-13/h4,6H,5H2,1-3H3. The third-order valence-electron chi connectivity index (χ3n) is 2.12. The zero-order valence-electron chi connectivity index (χ0n) is 8.95. The molecule has 1 rings (SSSR count). The van der Waals surface area contributed by atoms with Crippen molar-refractivity contribution < 1.29 is 9.53 Å². The third-order valence-corrected chi connectivity index (χ3v) is 2.49. The van der Waals surface area contributed by atoms with Crippen LogP contribution in [0, 0.1) is 6.92 Å². The average molecular weight is 229 g/mol. The van der Waals surface area contributed by atoms with Crippen LogP contribution < -0.4 is 0 Å². The van der Waals surface area contributed by atoms with Crippen molar-refractivity contribution in [1.29, 1.82) is 0 Å². The van der Waals surface area contributed by atoms with Gasteiger partial charge in [-0.05, 0) is 13.8 Å². The lowest BCUT2D eigenvalue weighted by Gasteiger charge is -2.01. The number of hydrogen-bond acceptors (Lipinski definition) is 3. The van der Waals surface area contributed by atoms with E-state index in [-0.39, 0.29) is 5.97 Å². The summed E-state index contributed by atoms with van der Waals surface area (Å²) in [6.45, 7) is 4.09. The van der Waals surface area contributed by atoms with E-state index >= 15 is 0 Å². The summed E-state index contributed by atoms with van der Waals surface area (Å²) in [5.41, 5.74) is 1.44. The first kappa shape index (κ1) is 11.8. The molecule has 0 bridgehead atoms. The molecule has 0 amide bonds. The molecule has 5 heteroatoms. The van der Waals surface area contributed by atoms with E-state index in [1.807, 2.05) is 6.92 Å². The Kier molecular flexibility index (Phi) is 3.91. The molecule has 82 valence electrons. The van der Waals surface area contributed by atoms with Crippen LogP contribution in [0.3, 0.4) is 0 Å². The molecule has 1 aromatic rings. The van der Waals surface area contributed by atoms with Crippen molar-refractivity contribution in [1.82, 2.24) is 9.78 Å². The van der Waals surface area contributed by atoms with Gasteiger partial charge >= 0.3 is 5.97 Å². The fraction of sp³-hybridized carbons (Fsp3) is 0.400. The van der Waals surface area contributed by atoms with Gasteiger partial charge in [0.05, 0.1) is 30.6 Å². The molecule has 0 N–H and O–H groups in total. The van der Waals surface area contributed by atoms with Crippen LogP contribution in [0.15, 0.2) is 17.8 Å². The number of nitrogens with zero attached hydrogens (tertiary/aromatic N) is 2. The van der Waals surface area contributed by atoms with Gasteiger partial charge < -0.3 is 4.74 Å². The number of esters is 1. The second-order valence-electron chi connectivity index (χ2n) is 3.14. The molecule has 0 spiro atoms. The number of hydrogen-bond donors (Lipinski definition) is 0. The van der Waals surface area contributed by atoms with Gasteiger partial charge in [0.1, 0.15) is 0 Å². The third kappa shape index (κ3) is 2.83. The van der Waals surface area contributed by atoms with Crippen LogP contribution in [0.25, 0.3) is 0 Å². The molecule has 0 aliphatic heterocycles. The van der Waals surface area contributed by atoms with Crippen LogP contribution in [0.2, 0.25) is 5.02 Å². The monoisotopic (exact) mass is 228 g/mol. The summed E-state index contributed by atoms with van der Waals surface area (Å²) >= 11 is 5.84. The maximum absolute atomic E-state index is 11.1. The topological polar surface area (TPSA) is 44.1 Å². The maximum Gasteiger partial charge on any atom is 0.333 e. The van der Waals surface area contributed by atoms with Gasteiger partial charge in [0.2, 0.25) is 0 Å². The minimum Gasteiger partial charge on any atom is -0.466 e. The number of allylic oxidation sites excluding steroid dienone is 1. The number of ether oxygens (including phenoxy) is 1. The summed E-state index contributed by atoms with van der Waals surface area (Å²) in [4.78, 5) is 11.1. The zero-order valence-corrected chi connectivity index (χ0v) is 9.71.